The molecule has 0 bridgehead atoms. The summed E-state index contributed by atoms with van der Waals surface area (Å²) in [6, 6.07) is 0. The van der Waals surface area contributed by atoms with Crippen molar-refractivity contribution in [3.8, 4) is 0 Å². The van der Waals surface area contributed by atoms with Gasteiger partial charge >= 0.3 is 93.7 Å². The number of hydrogen-bond acceptors (Lipinski definition) is 0. The maximum atomic E-state index is 5.03. The van der Waals surface area contributed by atoms with Gasteiger partial charge in [-0.15, -0.1) is 0 Å². The predicted octanol–water partition coefficient (Wildman–Crippen LogP) is -2.16. The topological polar surface area (TPSA) is 126 Å². The van der Waals surface area contributed by atoms with Gasteiger partial charge in [-0.05, 0) is 0 Å². The van der Waals surface area contributed by atoms with E-state index in [2.05, 4.69) is 0 Å². The van der Waals surface area contributed by atoms with Gasteiger partial charge in [0.15, 0.2) is 0 Å². The fraction of sp³-hybridized carbons (Fsp3) is 0. The normalized spacial score (nSPS) is 13.5. The van der Waals surface area contributed by atoms with Gasteiger partial charge in [-0.3, -0.25) is 0 Å². The fourth-order valence-electron chi connectivity index (χ4n) is 0. The Morgan fingerprint density at radius 1 is 0.500 bits per heavy atom. The molecule has 12 heavy (non-hydrogen) atoms. The molecule has 4 nitrogen and oxygen atoms in total. The van der Waals surface area contributed by atoms with E-state index in [1.165, 1.54) is 0 Å². The van der Waals surface area contributed by atoms with Crippen molar-refractivity contribution in [2.45, 2.75) is 0 Å². The smallest absolute Gasteiger partial charge is 1.00 e. The zero-order valence-corrected chi connectivity index (χ0v) is 13.7. The summed E-state index contributed by atoms with van der Waals surface area (Å²) in [6.45, 7) is -5.08. The molecule has 0 aromatic carbocycles. The molecule has 0 saturated carbocycles. The molecule has 0 fully saturated rings. The van der Waals surface area contributed by atoms with Crippen molar-refractivity contribution >= 4 is 57.2 Å². The first-order chi connectivity index (χ1) is 2.45. The first-order valence-corrected chi connectivity index (χ1v) is 12.7. The molecule has 0 aliphatic rings. The van der Waals surface area contributed by atoms with E-state index in [9.17, 15) is 0 Å². The van der Waals surface area contributed by atoms with Crippen LogP contribution >= 0.6 is 57.2 Å². The third kappa shape index (κ3) is 189. The summed E-state index contributed by atoms with van der Waals surface area (Å²) in [5.41, 5.74) is 0. The van der Waals surface area contributed by atoms with Crippen LogP contribution in [0.25, 0.3) is 0 Å². The van der Waals surface area contributed by atoms with Crippen LogP contribution in [-0.2, 0) is 6.97 Å². The van der Waals surface area contributed by atoms with Gasteiger partial charge in [-0.2, -0.15) is 0 Å². The molecule has 0 rings (SSSR count). The van der Waals surface area contributed by atoms with Crippen LogP contribution in [0.15, 0.2) is 0 Å². The Bertz CT molecular complexity index is 78.1. The molecule has 0 heterocycles. The van der Waals surface area contributed by atoms with E-state index in [0.29, 0.717) is 0 Å². The van der Waals surface area contributed by atoms with Gasteiger partial charge < -0.3 is 21.9 Å². The van der Waals surface area contributed by atoms with Crippen molar-refractivity contribution < 1.29 is 58.4 Å². The molecule has 0 aromatic heterocycles. The average Bonchev–Trinajstić information content (AvgIpc) is 0.592. The van der Waals surface area contributed by atoms with E-state index in [1.54, 1.807) is 0 Å². The molecule has 0 radical (unpaired) electrons. The second-order valence-corrected chi connectivity index (χ2v) is 36.1. The first-order valence-electron chi connectivity index (χ1n) is 0.717. The minimum Gasteiger partial charge on any atom is 1.00 e. The van der Waals surface area contributed by atoms with Gasteiger partial charge in [-0.25, -0.2) is 0 Å². The maximum absolute atomic E-state index is 5.08. The number of hydrogen-bond donors (Lipinski definition) is 0. The minimum absolute atomic E-state index is 0. The molecule has 0 saturated heterocycles. The molecule has 0 aromatic rings. The van der Waals surface area contributed by atoms with Gasteiger partial charge in [-0.1, -0.05) is 0 Å². The van der Waals surface area contributed by atoms with Crippen molar-refractivity contribution in [2.24, 2.45) is 0 Å². The largest absolute Gasteiger partial charge is 1.00 e. The monoisotopic (exact) mass is 411 g/mol. The SMILES string of the molecule is O.O.O.O.[Cl][Pd-2]([Cl])([Cl])([Cl])([Cl])[Cl].[Na+]. The molecule has 0 aliphatic carbocycles. The third-order valence-corrected chi connectivity index (χ3v) is 0. The molecule has 8 N–H and O–H groups in total. The van der Waals surface area contributed by atoms with Crippen LogP contribution in [0.5, 0.6) is 0 Å². The predicted molar refractivity (Wildman–Crippen MR) is 49.6 cm³/mol. The van der Waals surface area contributed by atoms with Crippen LogP contribution in [-0.4, -0.2) is 21.9 Å². The van der Waals surface area contributed by atoms with E-state index in [-0.39, 0.29) is 51.5 Å². The fourth-order valence-corrected chi connectivity index (χ4v) is 0. The molecule has 0 amide bonds. The van der Waals surface area contributed by atoms with Crippen LogP contribution in [0.2, 0.25) is 0 Å². The van der Waals surface area contributed by atoms with Crippen molar-refractivity contribution in [1.82, 2.24) is 0 Å². The zero-order valence-electron chi connectivity index (χ0n) is 5.58. The minimum atomic E-state index is -5.08. The van der Waals surface area contributed by atoms with Crippen LogP contribution in [0, 0.1) is 0 Å². The number of halogens is 6. The Labute approximate surface area is 114 Å². The van der Waals surface area contributed by atoms with Crippen LogP contribution in [0.4, 0.5) is 0 Å². The number of rotatable bonds is 0. The van der Waals surface area contributed by atoms with Gasteiger partial charge in [0.1, 0.15) is 0 Å². The van der Waals surface area contributed by atoms with Crippen molar-refractivity contribution in [3.05, 3.63) is 0 Å². The third-order valence-electron chi connectivity index (χ3n) is 0. The standard InChI is InChI=1S/6ClH.Na.4H2O.Pd/h6*1H;;4*1H2;/q;;;;;;+1;;;;;+4/p-6. The molecular weight excluding hydrogens is 406 g/mol. The summed E-state index contributed by atoms with van der Waals surface area (Å²) < 4.78 is 0. The van der Waals surface area contributed by atoms with Crippen LogP contribution in [0.1, 0.15) is 0 Å². The Kier molecular flexibility index (Phi) is 22.6. The molecule has 0 spiro atoms. The van der Waals surface area contributed by atoms with Crippen molar-refractivity contribution in [3.63, 3.8) is 0 Å². The second kappa shape index (κ2) is 7.50. The Balaban J connectivity index is -0.0000000180. The Morgan fingerprint density at radius 3 is 0.500 bits per heavy atom. The van der Waals surface area contributed by atoms with Gasteiger partial charge in [0, 0.05) is 0 Å². The summed E-state index contributed by atoms with van der Waals surface area (Å²) >= 11 is 0. The summed E-state index contributed by atoms with van der Waals surface area (Å²) in [4.78, 5) is 0. The summed E-state index contributed by atoms with van der Waals surface area (Å²) in [5, 5.41) is 0. The van der Waals surface area contributed by atoms with E-state index >= 15 is 0 Å². The maximum Gasteiger partial charge on any atom is 1.00 e. The van der Waals surface area contributed by atoms with Crippen molar-refractivity contribution in [1.29, 1.82) is 0 Å². The van der Waals surface area contributed by atoms with E-state index < -0.39 is 6.97 Å². The zero-order chi connectivity index (χ0) is 6.41. The molecule has 12 heteroatoms. The molecular formula is H8Cl6NaO4Pd-. The van der Waals surface area contributed by atoms with E-state index in [4.69, 9.17) is 57.2 Å². The molecule has 0 aliphatic heterocycles. The molecule has 0 unspecified atom stereocenters. The van der Waals surface area contributed by atoms with E-state index in [1.807, 2.05) is 0 Å². The Morgan fingerprint density at radius 2 is 0.500 bits per heavy atom. The van der Waals surface area contributed by atoms with E-state index in [0.717, 1.165) is 0 Å². The van der Waals surface area contributed by atoms with Gasteiger partial charge in [0.25, 0.3) is 0 Å². The summed E-state index contributed by atoms with van der Waals surface area (Å²) in [6.07, 6.45) is 0. The quantitative estimate of drug-likeness (QED) is 0.401. The van der Waals surface area contributed by atoms with Gasteiger partial charge in [0.2, 0.25) is 0 Å². The average molecular weight is 414 g/mol. The summed E-state index contributed by atoms with van der Waals surface area (Å²) in [7, 11) is 30.2. The first kappa shape index (κ1) is 36.2. The second-order valence-electron chi connectivity index (χ2n) is 0.678. The van der Waals surface area contributed by atoms with Crippen LogP contribution in [0.3, 0.4) is 0 Å². The molecule has 86 valence electrons. The molecule has 0 atom stereocenters. The van der Waals surface area contributed by atoms with Crippen molar-refractivity contribution in [2.75, 3.05) is 0 Å². The summed E-state index contributed by atoms with van der Waals surface area (Å²) in [5.74, 6) is 0. The van der Waals surface area contributed by atoms with Crippen LogP contribution < -0.4 is 29.6 Å². The van der Waals surface area contributed by atoms with Gasteiger partial charge in [0.05, 0.1) is 0 Å². The Hall–Kier alpha value is 3.24.